The van der Waals surface area contributed by atoms with Gasteiger partial charge >= 0.3 is 0 Å². The molecule has 0 spiro atoms. The fraction of sp³-hybridized carbons (Fsp3) is 0.0769. The van der Waals surface area contributed by atoms with Crippen molar-refractivity contribution >= 4 is 55.1 Å². The minimum absolute atomic E-state index is 0.0990. The van der Waals surface area contributed by atoms with E-state index in [1.54, 1.807) is 0 Å². The van der Waals surface area contributed by atoms with Gasteiger partial charge in [0.15, 0.2) is 0 Å². The molecule has 0 aliphatic heterocycles. The SMILES string of the molecule is CC1(C)c2ccccc2-c2ccc(-c3nc(-n4c5cc(Cl)ccc5c5cc6ccccc6cc54)nc4ccccc34)cc21. The van der Waals surface area contributed by atoms with Gasteiger partial charge in [0.05, 0.1) is 22.2 Å². The number of rotatable bonds is 2. The van der Waals surface area contributed by atoms with Gasteiger partial charge in [-0.2, -0.15) is 0 Å². The largest absolute Gasteiger partial charge is 0.278 e. The summed E-state index contributed by atoms with van der Waals surface area (Å²) in [5.74, 6) is 0.634. The van der Waals surface area contributed by atoms with E-state index < -0.39 is 0 Å². The third-order valence-corrected chi connectivity index (χ3v) is 9.48. The van der Waals surface area contributed by atoms with Gasteiger partial charge in [0.1, 0.15) is 0 Å². The third-order valence-electron chi connectivity index (χ3n) is 9.24. The minimum Gasteiger partial charge on any atom is -0.278 e. The Morgan fingerprint density at radius 1 is 0.581 bits per heavy atom. The van der Waals surface area contributed by atoms with Crippen LogP contribution in [-0.4, -0.2) is 14.5 Å². The Labute approximate surface area is 254 Å². The van der Waals surface area contributed by atoms with Crippen LogP contribution in [0.4, 0.5) is 0 Å². The van der Waals surface area contributed by atoms with Gasteiger partial charge in [-0.25, -0.2) is 9.97 Å². The van der Waals surface area contributed by atoms with Gasteiger partial charge in [-0.1, -0.05) is 110 Å². The first-order valence-electron chi connectivity index (χ1n) is 14.6. The summed E-state index contributed by atoms with van der Waals surface area (Å²) in [7, 11) is 0. The average molecular weight is 572 g/mol. The molecular weight excluding hydrogens is 546 g/mol. The molecule has 6 aromatic carbocycles. The molecule has 0 radical (unpaired) electrons. The molecule has 2 heterocycles. The van der Waals surface area contributed by atoms with Crippen LogP contribution in [0.25, 0.3) is 71.8 Å². The lowest BCUT2D eigenvalue weighted by molar-refractivity contribution is 0.660. The van der Waals surface area contributed by atoms with Crippen molar-refractivity contribution in [2.24, 2.45) is 0 Å². The quantitative estimate of drug-likeness (QED) is 0.206. The normalized spacial score (nSPS) is 13.7. The van der Waals surface area contributed by atoms with Crippen LogP contribution in [0.15, 0.2) is 121 Å². The first-order chi connectivity index (χ1) is 21.0. The number of aromatic nitrogens is 3. The zero-order chi connectivity index (χ0) is 28.9. The lowest BCUT2D eigenvalue weighted by atomic mass is 9.82. The smallest absolute Gasteiger partial charge is 0.235 e. The molecular formula is C39H26ClN3. The van der Waals surface area contributed by atoms with E-state index in [0.717, 1.165) is 44.0 Å². The molecule has 0 saturated heterocycles. The summed E-state index contributed by atoms with van der Waals surface area (Å²) in [6.07, 6.45) is 0. The molecule has 3 nitrogen and oxygen atoms in total. The number of halogens is 1. The molecule has 2 aromatic heterocycles. The highest BCUT2D eigenvalue weighted by atomic mass is 35.5. The lowest BCUT2D eigenvalue weighted by Gasteiger charge is -2.22. The molecule has 0 fully saturated rings. The molecule has 0 unspecified atom stereocenters. The van der Waals surface area contributed by atoms with E-state index >= 15 is 0 Å². The van der Waals surface area contributed by atoms with Crippen LogP contribution in [0.5, 0.6) is 0 Å². The number of benzene rings is 6. The molecule has 0 amide bonds. The second-order valence-electron chi connectivity index (χ2n) is 12.0. The molecule has 1 aliphatic rings. The van der Waals surface area contributed by atoms with Gasteiger partial charge in [0.2, 0.25) is 5.95 Å². The molecule has 43 heavy (non-hydrogen) atoms. The molecule has 0 N–H and O–H groups in total. The summed E-state index contributed by atoms with van der Waals surface area (Å²) in [4.78, 5) is 10.5. The zero-order valence-corrected chi connectivity index (χ0v) is 24.5. The Morgan fingerprint density at radius 3 is 2.19 bits per heavy atom. The van der Waals surface area contributed by atoms with E-state index in [1.807, 2.05) is 18.2 Å². The first kappa shape index (κ1) is 24.6. The summed E-state index contributed by atoms with van der Waals surface area (Å²) >= 11 is 6.60. The number of hydrogen-bond acceptors (Lipinski definition) is 2. The van der Waals surface area contributed by atoms with Gasteiger partial charge in [-0.15, -0.1) is 0 Å². The predicted octanol–water partition coefficient (Wildman–Crippen LogP) is 10.5. The third kappa shape index (κ3) is 3.49. The van der Waals surface area contributed by atoms with Crippen LogP contribution in [-0.2, 0) is 5.41 Å². The highest BCUT2D eigenvalue weighted by Gasteiger charge is 2.35. The number of nitrogens with zero attached hydrogens (tertiary/aromatic N) is 3. The van der Waals surface area contributed by atoms with Crippen molar-refractivity contribution in [3.8, 4) is 28.3 Å². The molecule has 9 rings (SSSR count). The van der Waals surface area contributed by atoms with Crippen molar-refractivity contribution in [3.63, 3.8) is 0 Å². The summed E-state index contributed by atoms with van der Waals surface area (Å²) in [5.41, 5.74) is 10.2. The number of para-hydroxylation sites is 1. The van der Waals surface area contributed by atoms with Crippen LogP contribution in [0.2, 0.25) is 5.02 Å². The second kappa shape index (κ2) is 8.76. The van der Waals surface area contributed by atoms with Crippen molar-refractivity contribution in [2.45, 2.75) is 19.3 Å². The fourth-order valence-electron chi connectivity index (χ4n) is 7.13. The monoisotopic (exact) mass is 571 g/mol. The van der Waals surface area contributed by atoms with Crippen LogP contribution in [0.3, 0.4) is 0 Å². The Balaban J connectivity index is 1.34. The van der Waals surface area contributed by atoms with Crippen molar-refractivity contribution in [1.82, 2.24) is 14.5 Å². The van der Waals surface area contributed by atoms with E-state index in [9.17, 15) is 0 Å². The van der Waals surface area contributed by atoms with Gasteiger partial charge < -0.3 is 0 Å². The molecule has 8 aromatic rings. The summed E-state index contributed by atoms with van der Waals surface area (Å²) in [6, 6.07) is 42.9. The van der Waals surface area contributed by atoms with E-state index in [2.05, 4.69) is 122 Å². The van der Waals surface area contributed by atoms with Crippen molar-refractivity contribution in [2.75, 3.05) is 0 Å². The van der Waals surface area contributed by atoms with Gasteiger partial charge in [0.25, 0.3) is 0 Å². The van der Waals surface area contributed by atoms with Crippen molar-refractivity contribution in [3.05, 3.63) is 137 Å². The molecule has 4 heteroatoms. The molecule has 1 aliphatic carbocycles. The molecule has 204 valence electrons. The Hall–Kier alpha value is -4.99. The van der Waals surface area contributed by atoms with Crippen LogP contribution >= 0.6 is 11.6 Å². The zero-order valence-electron chi connectivity index (χ0n) is 23.8. The van der Waals surface area contributed by atoms with E-state index in [0.29, 0.717) is 11.0 Å². The van der Waals surface area contributed by atoms with Gasteiger partial charge in [0, 0.05) is 32.2 Å². The lowest BCUT2D eigenvalue weighted by Crippen LogP contribution is -2.15. The van der Waals surface area contributed by atoms with Crippen molar-refractivity contribution < 1.29 is 0 Å². The maximum Gasteiger partial charge on any atom is 0.235 e. The van der Waals surface area contributed by atoms with Gasteiger partial charge in [-0.3, -0.25) is 4.57 Å². The maximum atomic E-state index is 6.60. The van der Waals surface area contributed by atoms with E-state index in [1.165, 1.54) is 33.0 Å². The van der Waals surface area contributed by atoms with Gasteiger partial charge in [-0.05, 0) is 69.4 Å². The highest BCUT2D eigenvalue weighted by Crippen LogP contribution is 2.49. The van der Waals surface area contributed by atoms with E-state index in [4.69, 9.17) is 21.6 Å². The van der Waals surface area contributed by atoms with Crippen molar-refractivity contribution in [1.29, 1.82) is 0 Å². The number of fused-ring (bicyclic) bond motifs is 8. The predicted molar refractivity (Wildman–Crippen MR) is 179 cm³/mol. The van der Waals surface area contributed by atoms with Crippen LogP contribution < -0.4 is 0 Å². The Bertz CT molecular complexity index is 2450. The van der Waals surface area contributed by atoms with Crippen LogP contribution in [0.1, 0.15) is 25.0 Å². The second-order valence-corrected chi connectivity index (χ2v) is 12.5. The Kier molecular flexibility index (Phi) is 5.01. The summed E-state index contributed by atoms with van der Waals surface area (Å²) in [6.45, 7) is 4.63. The summed E-state index contributed by atoms with van der Waals surface area (Å²) < 4.78 is 2.17. The van der Waals surface area contributed by atoms with Crippen LogP contribution in [0, 0.1) is 0 Å². The summed E-state index contributed by atoms with van der Waals surface area (Å²) in [5, 5.41) is 6.37. The maximum absolute atomic E-state index is 6.60. The van der Waals surface area contributed by atoms with E-state index in [-0.39, 0.29) is 5.41 Å². The highest BCUT2D eigenvalue weighted by molar-refractivity contribution is 6.31. The number of hydrogen-bond donors (Lipinski definition) is 0. The fourth-order valence-corrected chi connectivity index (χ4v) is 7.29. The Morgan fingerprint density at radius 2 is 1.30 bits per heavy atom. The standard InChI is InChI=1S/C39H26ClN3/c1-39(2)32-13-7-5-11-27(32)28-17-15-25(20-33(28)39)37-30-12-6-8-14-34(30)41-38(42-37)43-35-21-24-10-4-3-9-23(24)19-31(35)29-18-16-26(40)22-36(29)43/h3-22H,1-2H3. The first-order valence-corrected chi connectivity index (χ1v) is 15.0. The molecule has 0 atom stereocenters. The topological polar surface area (TPSA) is 30.7 Å². The molecule has 0 bridgehead atoms. The minimum atomic E-state index is -0.0990. The molecule has 0 saturated carbocycles. The average Bonchev–Trinajstić information content (AvgIpc) is 3.46.